The third-order valence-electron chi connectivity index (χ3n) is 6.66. The van der Waals surface area contributed by atoms with E-state index in [0.29, 0.717) is 37.5 Å². The van der Waals surface area contributed by atoms with Crippen LogP contribution in [-0.2, 0) is 24.3 Å². The fourth-order valence-corrected chi connectivity index (χ4v) is 4.86. The topological polar surface area (TPSA) is 62.8 Å². The molecular weight excluding hydrogens is 481 g/mol. The van der Waals surface area contributed by atoms with Crippen molar-refractivity contribution in [2.45, 2.75) is 38.0 Å². The zero-order valence-corrected chi connectivity index (χ0v) is 20.6. The average Bonchev–Trinajstić information content (AvgIpc) is 3.51. The lowest BCUT2D eigenvalue weighted by molar-refractivity contribution is -0.125. The van der Waals surface area contributed by atoms with E-state index in [2.05, 4.69) is 15.5 Å². The first-order valence-electron chi connectivity index (χ1n) is 12.2. The molecule has 2 N–H and O–H groups in total. The van der Waals surface area contributed by atoms with Crippen molar-refractivity contribution in [3.05, 3.63) is 94.3 Å². The van der Waals surface area contributed by atoms with Gasteiger partial charge in [0.05, 0.1) is 6.04 Å². The summed E-state index contributed by atoms with van der Waals surface area (Å²) in [6.07, 6.45) is 1.41. The summed E-state index contributed by atoms with van der Waals surface area (Å²) in [5.74, 6) is 1.28. The molecule has 1 amide bonds. The van der Waals surface area contributed by atoms with E-state index in [1.807, 2.05) is 42.5 Å². The molecule has 2 atom stereocenters. The van der Waals surface area contributed by atoms with Crippen molar-refractivity contribution in [3.8, 4) is 11.5 Å². The number of hydrogen-bond donors (Lipinski definition) is 2. The Balaban J connectivity index is 1.19. The Kier molecular flexibility index (Phi) is 7.70. The van der Waals surface area contributed by atoms with Gasteiger partial charge >= 0.3 is 0 Å². The lowest BCUT2D eigenvalue weighted by Crippen LogP contribution is -2.43. The number of nitrogens with one attached hydrogen (secondary N) is 2. The first-order valence-corrected chi connectivity index (χ1v) is 12.5. The number of amides is 1. The summed E-state index contributed by atoms with van der Waals surface area (Å²) in [6.45, 7) is 2.81. The van der Waals surface area contributed by atoms with Crippen LogP contribution in [0.25, 0.3) is 0 Å². The lowest BCUT2D eigenvalue weighted by Gasteiger charge is -2.23. The standard InChI is InChI=1S/C28H29ClFN3O3/c29-22-6-1-21(2-7-22)16-33-17-24(32-15-20-3-8-23(30)9-4-20)14-25(33)28(34)31-12-11-19-5-10-26-27(13-19)36-18-35-26/h1-10,13,24-25,32H,11-12,14-18H2,(H,31,34)/t24-,25-/m0/s1. The highest BCUT2D eigenvalue weighted by Gasteiger charge is 2.36. The number of carbonyl (C=O) groups excluding carboxylic acids is 1. The minimum Gasteiger partial charge on any atom is -0.454 e. The van der Waals surface area contributed by atoms with E-state index < -0.39 is 0 Å². The van der Waals surface area contributed by atoms with Gasteiger partial charge in [-0.2, -0.15) is 0 Å². The quantitative estimate of drug-likeness (QED) is 0.450. The van der Waals surface area contributed by atoms with Crippen LogP contribution in [0, 0.1) is 5.82 Å². The third kappa shape index (κ3) is 6.16. The van der Waals surface area contributed by atoms with Crippen LogP contribution < -0.4 is 20.1 Å². The Hall–Kier alpha value is -3.13. The normalized spacial score (nSPS) is 18.9. The van der Waals surface area contributed by atoms with Gasteiger partial charge in [0.25, 0.3) is 0 Å². The Morgan fingerprint density at radius 1 is 0.972 bits per heavy atom. The maximum Gasteiger partial charge on any atom is 0.237 e. The monoisotopic (exact) mass is 509 g/mol. The number of likely N-dealkylation sites (tertiary alicyclic amines) is 1. The highest BCUT2D eigenvalue weighted by atomic mass is 35.5. The molecule has 0 spiro atoms. The molecule has 0 aliphatic carbocycles. The number of hydrogen-bond acceptors (Lipinski definition) is 5. The van der Waals surface area contributed by atoms with Crippen LogP contribution in [0.5, 0.6) is 11.5 Å². The average molecular weight is 510 g/mol. The molecule has 188 valence electrons. The predicted octanol–water partition coefficient (Wildman–Crippen LogP) is 4.30. The van der Waals surface area contributed by atoms with Gasteiger partial charge in [-0.3, -0.25) is 9.69 Å². The summed E-state index contributed by atoms with van der Waals surface area (Å²) >= 11 is 6.05. The van der Waals surface area contributed by atoms with Crippen molar-refractivity contribution >= 4 is 17.5 Å². The zero-order valence-electron chi connectivity index (χ0n) is 19.9. The molecule has 5 rings (SSSR count). The summed E-state index contributed by atoms with van der Waals surface area (Å²) in [6, 6.07) is 20.0. The highest BCUT2D eigenvalue weighted by molar-refractivity contribution is 6.30. The molecule has 2 heterocycles. The van der Waals surface area contributed by atoms with Gasteiger partial charge in [0.15, 0.2) is 11.5 Å². The minimum atomic E-state index is -0.247. The first kappa shape index (κ1) is 24.6. The van der Waals surface area contributed by atoms with Crippen LogP contribution in [-0.4, -0.2) is 42.8 Å². The summed E-state index contributed by atoms with van der Waals surface area (Å²) in [4.78, 5) is 15.5. The molecule has 6 nitrogen and oxygen atoms in total. The number of ether oxygens (including phenoxy) is 2. The largest absolute Gasteiger partial charge is 0.454 e. The van der Waals surface area contributed by atoms with Gasteiger partial charge in [0.2, 0.25) is 12.7 Å². The second-order valence-corrected chi connectivity index (χ2v) is 9.68. The van der Waals surface area contributed by atoms with Gasteiger partial charge < -0.3 is 20.1 Å². The molecule has 0 saturated carbocycles. The summed E-state index contributed by atoms with van der Waals surface area (Å²) < 4.78 is 24.0. The van der Waals surface area contributed by atoms with Gasteiger partial charge in [-0.15, -0.1) is 0 Å². The van der Waals surface area contributed by atoms with Crippen molar-refractivity contribution in [2.75, 3.05) is 19.9 Å². The smallest absolute Gasteiger partial charge is 0.237 e. The number of rotatable bonds is 9. The molecule has 0 unspecified atom stereocenters. The van der Waals surface area contributed by atoms with Crippen molar-refractivity contribution in [3.63, 3.8) is 0 Å². The molecule has 0 bridgehead atoms. The molecule has 8 heteroatoms. The van der Waals surface area contributed by atoms with Crippen LogP contribution in [0.3, 0.4) is 0 Å². The SMILES string of the molecule is O=C(NCCc1ccc2c(c1)OCO2)[C@@H]1C[C@H](NCc2ccc(F)cc2)CN1Cc1ccc(Cl)cc1. The van der Waals surface area contributed by atoms with E-state index in [1.54, 1.807) is 12.1 Å². The minimum absolute atomic E-state index is 0.0239. The zero-order chi connectivity index (χ0) is 24.9. The van der Waals surface area contributed by atoms with Crippen molar-refractivity contribution in [2.24, 2.45) is 0 Å². The van der Waals surface area contributed by atoms with Crippen LogP contribution >= 0.6 is 11.6 Å². The second kappa shape index (κ2) is 11.3. The maximum atomic E-state index is 13.2. The molecule has 1 saturated heterocycles. The number of nitrogens with zero attached hydrogens (tertiary/aromatic N) is 1. The number of carbonyl (C=O) groups is 1. The summed E-state index contributed by atoms with van der Waals surface area (Å²) in [5.41, 5.74) is 3.21. The van der Waals surface area contributed by atoms with E-state index in [9.17, 15) is 9.18 Å². The molecular formula is C28H29ClFN3O3. The van der Waals surface area contributed by atoms with Crippen LogP contribution in [0.15, 0.2) is 66.7 Å². The van der Waals surface area contributed by atoms with Gasteiger partial charge in [-0.25, -0.2) is 4.39 Å². The molecule has 1 fully saturated rings. The summed E-state index contributed by atoms with van der Waals surface area (Å²) in [5, 5.41) is 7.36. The van der Waals surface area contributed by atoms with Gasteiger partial charge in [0, 0.05) is 37.2 Å². The second-order valence-electron chi connectivity index (χ2n) is 9.24. The van der Waals surface area contributed by atoms with Gasteiger partial charge in [0.1, 0.15) is 5.82 Å². The Morgan fingerprint density at radius 3 is 2.50 bits per heavy atom. The number of fused-ring (bicyclic) bond motifs is 1. The van der Waals surface area contributed by atoms with Gasteiger partial charge in [-0.1, -0.05) is 41.9 Å². The van der Waals surface area contributed by atoms with Crippen LogP contribution in [0.2, 0.25) is 5.02 Å². The Labute approximate surface area is 215 Å². The van der Waals surface area contributed by atoms with Crippen molar-refractivity contribution in [1.82, 2.24) is 15.5 Å². The molecule has 2 aliphatic rings. The maximum absolute atomic E-state index is 13.2. The Bertz CT molecular complexity index is 1190. The third-order valence-corrected chi connectivity index (χ3v) is 6.91. The van der Waals surface area contributed by atoms with Crippen molar-refractivity contribution in [1.29, 1.82) is 0 Å². The van der Waals surface area contributed by atoms with E-state index in [-0.39, 0.29) is 30.6 Å². The highest BCUT2D eigenvalue weighted by Crippen LogP contribution is 2.32. The first-order chi connectivity index (χ1) is 17.5. The fraction of sp³-hybridized carbons (Fsp3) is 0.321. The molecule has 36 heavy (non-hydrogen) atoms. The molecule has 3 aromatic carbocycles. The molecule has 2 aliphatic heterocycles. The van der Waals surface area contributed by atoms with Crippen molar-refractivity contribution < 1.29 is 18.7 Å². The Morgan fingerprint density at radius 2 is 1.69 bits per heavy atom. The van der Waals surface area contributed by atoms with E-state index >= 15 is 0 Å². The number of benzene rings is 3. The van der Waals surface area contributed by atoms with E-state index in [0.717, 1.165) is 34.7 Å². The van der Waals surface area contributed by atoms with Crippen LogP contribution in [0.4, 0.5) is 4.39 Å². The number of halogens is 2. The fourth-order valence-electron chi connectivity index (χ4n) is 4.73. The van der Waals surface area contributed by atoms with E-state index in [4.69, 9.17) is 21.1 Å². The molecule has 0 radical (unpaired) electrons. The van der Waals surface area contributed by atoms with Gasteiger partial charge in [-0.05, 0) is 65.9 Å². The lowest BCUT2D eigenvalue weighted by atomic mass is 10.1. The summed E-state index contributed by atoms with van der Waals surface area (Å²) in [7, 11) is 0. The predicted molar refractivity (Wildman–Crippen MR) is 137 cm³/mol. The molecule has 0 aromatic heterocycles. The van der Waals surface area contributed by atoms with Crippen LogP contribution in [0.1, 0.15) is 23.1 Å². The van der Waals surface area contributed by atoms with E-state index in [1.165, 1.54) is 12.1 Å². The molecule has 3 aromatic rings.